The summed E-state index contributed by atoms with van der Waals surface area (Å²) < 4.78 is 0. The zero-order valence-corrected chi connectivity index (χ0v) is 6.77. The van der Waals surface area contributed by atoms with Gasteiger partial charge < -0.3 is 0 Å². The number of aromatic nitrogens is 1. The Morgan fingerprint density at radius 2 is 2.33 bits per heavy atom. The van der Waals surface area contributed by atoms with Gasteiger partial charge in [-0.25, -0.2) is 0 Å². The predicted molar refractivity (Wildman–Crippen MR) is 46.3 cm³/mol. The number of nitrogens with zero attached hydrogens (tertiary/aromatic N) is 5. The Balaban J connectivity index is 2.31. The fourth-order valence-corrected chi connectivity index (χ4v) is 0.998. The first-order valence-electron chi connectivity index (χ1n) is 3.24. The van der Waals surface area contributed by atoms with Gasteiger partial charge in [0.2, 0.25) is 5.11 Å². The highest BCUT2D eigenvalue weighted by atomic mass is 32.1. The monoisotopic (exact) mass is 178 g/mol. The fraction of sp³-hybridized carbons (Fsp3) is 0. The van der Waals surface area contributed by atoms with E-state index in [2.05, 4.69) is 20.9 Å². The van der Waals surface area contributed by atoms with Gasteiger partial charge in [-0.3, -0.25) is 4.98 Å². The summed E-state index contributed by atoms with van der Waals surface area (Å²) in [5.41, 5.74) is 4.35. The average molecular weight is 178 g/mol. The summed E-state index contributed by atoms with van der Waals surface area (Å²) in [7, 11) is 0. The molecule has 0 bridgehead atoms. The van der Waals surface area contributed by atoms with Gasteiger partial charge >= 0.3 is 0 Å². The van der Waals surface area contributed by atoms with Crippen LogP contribution >= 0.6 is 12.2 Å². The lowest BCUT2D eigenvalue weighted by Crippen LogP contribution is -2.22. The van der Waals surface area contributed by atoms with E-state index in [1.165, 1.54) is 5.01 Å². The molecule has 0 amide bonds. The van der Waals surface area contributed by atoms with Crippen molar-refractivity contribution >= 4 is 23.0 Å². The molecule has 0 fully saturated rings. The SMILES string of the molecule is S=C1[N]N=NN1c1cccnc1. The average Bonchev–Trinajstić information content (AvgIpc) is 2.53. The third-order valence-corrected chi connectivity index (χ3v) is 1.59. The van der Waals surface area contributed by atoms with Crippen molar-refractivity contribution in [1.29, 1.82) is 0 Å². The lowest BCUT2D eigenvalue weighted by molar-refractivity contribution is 0.940. The van der Waals surface area contributed by atoms with Crippen LogP contribution in [-0.4, -0.2) is 10.1 Å². The highest BCUT2D eigenvalue weighted by molar-refractivity contribution is 7.80. The summed E-state index contributed by atoms with van der Waals surface area (Å²) >= 11 is 4.87. The van der Waals surface area contributed by atoms with Gasteiger partial charge in [0.25, 0.3) is 0 Å². The third-order valence-electron chi connectivity index (χ3n) is 1.33. The Labute approximate surface area is 74.1 Å². The molecular formula is C6H4N5S. The normalized spacial score (nSPS) is 15.0. The molecule has 2 rings (SSSR count). The van der Waals surface area contributed by atoms with Gasteiger partial charge in [-0.15, -0.1) is 0 Å². The van der Waals surface area contributed by atoms with Gasteiger partial charge in [-0.05, 0) is 34.8 Å². The van der Waals surface area contributed by atoms with E-state index >= 15 is 0 Å². The van der Waals surface area contributed by atoms with Gasteiger partial charge in [-0.1, -0.05) is 5.43 Å². The van der Waals surface area contributed by atoms with Crippen LogP contribution in [0.5, 0.6) is 0 Å². The molecule has 2 heterocycles. The van der Waals surface area contributed by atoms with E-state index in [1.54, 1.807) is 18.5 Å². The summed E-state index contributed by atoms with van der Waals surface area (Å²) in [4.78, 5) is 3.92. The molecule has 12 heavy (non-hydrogen) atoms. The number of rotatable bonds is 1. The number of hydrogen-bond donors (Lipinski definition) is 0. The Kier molecular flexibility index (Phi) is 1.67. The van der Waals surface area contributed by atoms with Crippen molar-refractivity contribution in [2.75, 3.05) is 5.01 Å². The minimum atomic E-state index is 0.336. The van der Waals surface area contributed by atoms with E-state index in [0.717, 1.165) is 5.69 Å². The second kappa shape index (κ2) is 2.82. The zero-order chi connectivity index (χ0) is 8.39. The lowest BCUT2D eigenvalue weighted by atomic mass is 10.4. The Morgan fingerprint density at radius 3 is 2.92 bits per heavy atom. The predicted octanol–water partition coefficient (Wildman–Crippen LogP) is 1.07. The van der Waals surface area contributed by atoms with Gasteiger partial charge in [0.05, 0.1) is 11.9 Å². The third kappa shape index (κ3) is 1.12. The van der Waals surface area contributed by atoms with Crippen molar-refractivity contribution in [3.63, 3.8) is 0 Å². The van der Waals surface area contributed by atoms with E-state index in [4.69, 9.17) is 12.2 Å². The second-order valence-corrected chi connectivity index (χ2v) is 2.45. The largest absolute Gasteiger partial charge is 0.262 e. The van der Waals surface area contributed by atoms with Crippen molar-refractivity contribution in [1.82, 2.24) is 10.4 Å². The standard InChI is InChI=1S/C6H4N5S/c12-6-8-9-10-11(6)5-2-1-3-7-4-5/h1-4H. The molecule has 1 aliphatic heterocycles. The Hall–Kier alpha value is -1.56. The van der Waals surface area contributed by atoms with Crippen LogP contribution in [0, 0.1) is 0 Å². The molecule has 1 aromatic heterocycles. The summed E-state index contributed by atoms with van der Waals surface area (Å²) in [6.45, 7) is 0. The fourth-order valence-electron chi connectivity index (χ4n) is 0.820. The highest BCUT2D eigenvalue weighted by Gasteiger charge is 2.17. The number of anilines is 1. The van der Waals surface area contributed by atoms with E-state index in [1.807, 2.05) is 6.07 Å². The van der Waals surface area contributed by atoms with Crippen LogP contribution in [0.1, 0.15) is 0 Å². The molecule has 6 heteroatoms. The summed E-state index contributed by atoms with van der Waals surface area (Å²) in [5, 5.41) is 8.91. The first-order chi connectivity index (χ1) is 5.88. The Morgan fingerprint density at radius 1 is 1.42 bits per heavy atom. The maximum Gasteiger partial charge on any atom is 0.244 e. The summed E-state index contributed by atoms with van der Waals surface area (Å²) in [6.07, 6.45) is 3.32. The molecule has 5 nitrogen and oxygen atoms in total. The minimum absolute atomic E-state index is 0.336. The molecule has 1 aliphatic rings. The van der Waals surface area contributed by atoms with E-state index in [0.29, 0.717) is 5.11 Å². The second-order valence-electron chi connectivity index (χ2n) is 2.08. The van der Waals surface area contributed by atoms with Crippen molar-refractivity contribution < 1.29 is 0 Å². The molecule has 0 spiro atoms. The van der Waals surface area contributed by atoms with Crippen LogP contribution in [0.25, 0.3) is 0 Å². The minimum Gasteiger partial charge on any atom is -0.262 e. The number of pyridine rings is 1. The van der Waals surface area contributed by atoms with Crippen LogP contribution in [0.2, 0.25) is 0 Å². The summed E-state index contributed by atoms with van der Waals surface area (Å²) in [6, 6.07) is 3.63. The Bertz CT molecular complexity index is 322. The smallest absolute Gasteiger partial charge is 0.244 e. The molecule has 0 N–H and O–H groups in total. The molecular weight excluding hydrogens is 174 g/mol. The van der Waals surface area contributed by atoms with Gasteiger partial charge in [0, 0.05) is 6.20 Å². The summed E-state index contributed by atoms with van der Waals surface area (Å²) in [5.74, 6) is 0. The van der Waals surface area contributed by atoms with Crippen LogP contribution in [0.4, 0.5) is 5.69 Å². The van der Waals surface area contributed by atoms with Crippen molar-refractivity contribution in [2.45, 2.75) is 0 Å². The van der Waals surface area contributed by atoms with E-state index < -0.39 is 0 Å². The van der Waals surface area contributed by atoms with Crippen LogP contribution < -0.4 is 10.4 Å². The molecule has 0 saturated carbocycles. The first kappa shape index (κ1) is 7.11. The topological polar surface area (TPSA) is 55.0 Å². The molecule has 1 aromatic rings. The molecule has 59 valence electrons. The van der Waals surface area contributed by atoms with Crippen LogP contribution in [0.15, 0.2) is 35.0 Å². The van der Waals surface area contributed by atoms with Crippen LogP contribution in [0.3, 0.4) is 0 Å². The molecule has 0 saturated heterocycles. The molecule has 1 radical (unpaired) electrons. The number of thiocarbonyl (C=S) groups is 1. The zero-order valence-electron chi connectivity index (χ0n) is 5.95. The van der Waals surface area contributed by atoms with E-state index in [-0.39, 0.29) is 0 Å². The van der Waals surface area contributed by atoms with Crippen molar-refractivity contribution in [2.24, 2.45) is 10.4 Å². The first-order valence-corrected chi connectivity index (χ1v) is 3.64. The molecule has 0 aromatic carbocycles. The van der Waals surface area contributed by atoms with E-state index in [9.17, 15) is 0 Å². The van der Waals surface area contributed by atoms with Gasteiger partial charge in [0.15, 0.2) is 0 Å². The van der Waals surface area contributed by atoms with Crippen molar-refractivity contribution in [3.05, 3.63) is 24.5 Å². The number of hydrogen-bond acceptors (Lipinski definition) is 4. The molecule has 0 aliphatic carbocycles. The quantitative estimate of drug-likeness (QED) is 0.604. The molecule has 0 atom stereocenters. The maximum atomic E-state index is 4.87. The van der Waals surface area contributed by atoms with Gasteiger partial charge in [0.1, 0.15) is 0 Å². The van der Waals surface area contributed by atoms with Gasteiger partial charge in [-0.2, -0.15) is 5.01 Å². The van der Waals surface area contributed by atoms with Crippen LogP contribution in [-0.2, 0) is 0 Å². The molecule has 0 unspecified atom stereocenters. The lowest BCUT2D eigenvalue weighted by Gasteiger charge is -2.07. The van der Waals surface area contributed by atoms with Crippen molar-refractivity contribution in [3.8, 4) is 0 Å². The maximum absolute atomic E-state index is 4.87. The highest BCUT2D eigenvalue weighted by Crippen LogP contribution is 2.15.